The molecule has 1 heterocycles. The molecule has 0 radical (unpaired) electrons. The van der Waals surface area contributed by atoms with Gasteiger partial charge in [-0.05, 0) is 20.3 Å². The van der Waals surface area contributed by atoms with Crippen LogP contribution in [0.4, 0.5) is 0 Å². The first-order valence-corrected chi connectivity index (χ1v) is 10.1. The van der Waals surface area contributed by atoms with Gasteiger partial charge in [-0.1, -0.05) is 0 Å². The van der Waals surface area contributed by atoms with Gasteiger partial charge in [-0.2, -0.15) is 0 Å². The number of hydrogen-bond donors (Lipinski definition) is 6. The van der Waals surface area contributed by atoms with Gasteiger partial charge in [0, 0.05) is 25.8 Å². The number of amides is 4. The Morgan fingerprint density at radius 2 is 1.70 bits per heavy atom. The Labute approximate surface area is 184 Å². The van der Waals surface area contributed by atoms with Gasteiger partial charge in [-0.3, -0.25) is 28.8 Å². The summed E-state index contributed by atoms with van der Waals surface area (Å²) in [6.07, 6.45) is -1.21. The number of likely N-dealkylation sites (tertiary alicyclic amines) is 1. The van der Waals surface area contributed by atoms with Crippen LogP contribution in [0.1, 0.15) is 39.5 Å². The van der Waals surface area contributed by atoms with Gasteiger partial charge in [0.1, 0.15) is 23.9 Å². The van der Waals surface area contributed by atoms with Crippen LogP contribution < -0.4 is 16.0 Å². The molecule has 0 aromatic rings. The zero-order valence-electron chi connectivity index (χ0n) is 18.3. The maximum atomic E-state index is 12.6. The number of carbonyl (C=O) groups is 6. The van der Waals surface area contributed by atoms with Crippen LogP contribution in [0.5, 0.6) is 0 Å². The van der Waals surface area contributed by atoms with Crippen molar-refractivity contribution in [2.75, 3.05) is 19.7 Å². The first-order chi connectivity index (χ1) is 15.0. The Hall–Kier alpha value is -4.06. The predicted molar refractivity (Wildman–Crippen MR) is 108 cm³/mol. The Morgan fingerprint density at radius 3 is 2.24 bits per heavy atom. The third-order valence-corrected chi connectivity index (χ3v) is 4.76. The molecule has 13 nitrogen and oxygen atoms in total. The van der Waals surface area contributed by atoms with E-state index in [-0.39, 0.29) is 44.6 Å². The maximum Gasteiger partial charge on any atom is 0.303 e. The molecule has 0 unspecified atom stereocenters. The third-order valence-electron chi connectivity index (χ3n) is 4.76. The Balaban J connectivity index is 0.0000102. The molecule has 0 aromatic heterocycles. The fourth-order valence-electron chi connectivity index (χ4n) is 3.07. The summed E-state index contributed by atoms with van der Waals surface area (Å²) in [4.78, 5) is 71.9. The van der Waals surface area contributed by atoms with Crippen LogP contribution in [0.15, 0.2) is 0 Å². The number of nitrogens with zero attached hydrogens (tertiary/aromatic N) is 1. The van der Waals surface area contributed by atoms with Crippen LogP contribution in [0.3, 0.4) is 0 Å². The summed E-state index contributed by atoms with van der Waals surface area (Å²) in [7, 11) is 0. The summed E-state index contributed by atoms with van der Waals surface area (Å²) in [6.45, 7) is 1.50. The SMILES string of the molecule is CC(=O)CNC(=O)[C@H](CO)NC(=O)[C@H](C)NC(=O)[C@@H]1C[C@@H](O)CN1C(=O)CCCC(=O)O.[Fm]. The number of carboxylic acids is 1. The van der Waals surface area contributed by atoms with E-state index < -0.39 is 60.4 Å². The summed E-state index contributed by atoms with van der Waals surface area (Å²) >= 11 is 0. The van der Waals surface area contributed by atoms with E-state index in [4.69, 9.17) is 5.11 Å². The van der Waals surface area contributed by atoms with Crippen molar-refractivity contribution in [2.24, 2.45) is 0 Å². The molecule has 0 aromatic carbocycles. The molecule has 0 spiro atoms. The van der Waals surface area contributed by atoms with Crippen molar-refractivity contribution in [3.8, 4) is 0 Å². The van der Waals surface area contributed by atoms with Gasteiger partial charge in [0.05, 0.1) is 19.3 Å². The molecule has 0 saturated carbocycles. The molecule has 14 heteroatoms. The molecule has 1 fully saturated rings. The van der Waals surface area contributed by atoms with Gasteiger partial charge in [-0.25, -0.2) is 0 Å². The number of aliphatic hydroxyl groups excluding tert-OH is 2. The van der Waals surface area contributed by atoms with Crippen LogP contribution >= 0.6 is 0 Å². The van der Waals surface area contributed by atoms with Gasteiger partial charge in [-0.15, -0.1) is 0 Å². The van der Waals surface area contributed by atoms with E-state index in [2.05, 4.69) is 16.0 Å². The largest absolute Gasteiger partial charge is 0.481 e. The molecule has 0 bridgehead atoms. The van der Waals surface area contributed by atoms with Crippen molar-refractivity contribution in [2.45, 2.75) is 63.8 Å². The van der Waals surface area contributed by atoms with Crippen LogP contribution in [-0.4, -0.2) is 99.5 Å². The summed E-state index contributed by atoms with van der Waals surface area (Å²) in [5.74, 6) is -4.10. The molecule has 33 heavy (non-hydrogen) atoms. The zero-order chi connectivity index (χ0) is 24.4. The maximum absolute atomic E-state index is 12.6. The minimum atomic E-state index is -1.33. The number of carbonyl (C=O) groups excluding carboxylic acids is 5. The topological polar surface area (TPSA) is 202 Å². The molecule has 0 aliphatic carbocycles. The first-order valence-electron chi connectivity index (χ1n) is 10.1. The van der Waals surface area contributed by atoms with Crippen molar-refractivity contribution < 1.29 is 44.1 Å². The number of hydrogen-bond acceptors (Lipinski definition) is 8. The van der Waals surface area contributed by atoms with Crippen LogP contribution in [0, 0.1) is 0 Å². The van der Waals surface area contributed by atoms with Gasteiger partial charge in [0.25, 0.3) is 0 Å². The Bertz CT molecular complexity index is 749. The molecular weight excluding hydrogens is 685 g/mol. The van der Waals surface area contributed by atoms with Crippen molar-refractivity contribution in [3.63, 3.8) is 0 Å². The number of nitrogens with one attached hydrogen (secondary N) is 3. The average Bonchev–Trinajstić information content (AvgIpc) is 3.11. The quantitative estimate of drug-likeness (QED) is 0.121. The van der Waals surface area contributed by atoms with E-state index >= 15 is 0 Å². The van der Waals surface area contributed by atoms with Crippen molar-refractivity contribution in [3.05, 3.63) is 0 Å². The number of aliphatic carboxylic acids is 1. The minimum absolute atomic E-state index is 0. The average molecular weight is 715 g/mol. The summed E-state index contributed by atoms with van der Waals surface area (Å²) in [5.41, 5.74) is 0. The minimum Gasteiger partial charge on any atom is -0.481 e. The van der Waals surface area contributed by atoms with E-state index in [0.29, 0.717) is 0 Å². The smallest absolute Gasteiger partial charge is 0.303 e. The van der Waals surface area contributed by atoms with Crippen molar-refractivity contribution in [1.29, 1.82) is 0 Å². The molecule has 1 aliphatic rings. The first kappa shape index (κ1) is 28.9. The Kier molecular flexibility index (Phi) is 11.7. The van der Waals surface area contributed by atoms with Gasteiger partial charge >= 0.3 is 5.97 Å². The monoisotopic (exact) mass is 715 g/mol. The third kappa shape index (κ3) is 9.31. The standard InChI is InChI=1S/C19H30N4O9.Fm/c1-10(25)7-20-18(31)13(9-24)22-17(30)11(2)21-19(32)14-6-12(26)8-23(14)15(27)4-3-5-16(28)29;/h11-14,24,26H,3-9H2,1-2H3,(H,20,31)(H,21,32)(H,22,30)(H,28,29);/t11-,12+,13-,14-;/m0./s1. The van der Waals surface area contributed by atoms with E-state index in [1.165, 1.54) is 13.8 Å². The van der Waals surface area contributed by atoms with Crippen LogP contribution in [0.2, 0.25) is 0 Å². The van der Waals surface area contributed by atoms with Crippen LogP contribution in [0.25, 0.3) is 0 Å². The van der Waals surface area contributed by atoms with E-state index in [9.17, 15) is 39.0 Å². The summed E-state index contributed by atoms with van der Waals surface area (Å²) in [5, 5.41) is 34.8. The van der Waals surface area contributed by atoms with Gasteiger partial charge in [0.15, 0.2) is 0 Å². The molecule has 6 N–H and O–H groups in total. The van der Waals surface area contributed by atoms with E-state index in [1.807, 2.05) is 0 Å². The zero-order valence-corrected chi connectivity index (χ0v) is 20.7. The normalized spacial score (nSPS) is 19.0. The molecule has 1 aliphatic heterocycles. The number of β-amino-alcohol motifs (C(OH)–C–C–N with tert-alkyl or cyclic N) is 1. The second kappa shape index (κ2) is 13.4. The number of carboxylic acid groups (broad SMARTS) is 1. The van der Waals surface area contributed by atoms with E-state index in [0.717, 1.165) is 4.90 Å². The summed E-state index contributed by atoms with van der Waals surface area (Å²) in [6, 6.07) is -3.51. The van der Waals surface area contributed by atoms with Gasteiger partial charge in [0.2, 0.25) is 23.6 Å². The predicted octanol–water partition coefficient (Wildman–Crippen LogP) is -3.11. The molecule has 4 amide bonds. The van der Waals surface area contributed by atoms with Crippen molar-refractivity contribution in [1.82, 2.24) is 20.9 Å². The fraction of sp³-hybridized carbons (Fsp3) is 0.684. The second-order valence-electron chi connectivity index (χ2n) is 7.59. The van der Waals surface area contributed by atoms with Crippen molar-refractivity contribution >= 4 is 35.4 Å². The molecule has 192 valence electrons. The van der Waals surface area contributed by atoms with E-state index in [1.54, 1.807) is 0 Å². The molecule has 4 atom stereocenters. The fourth-order valence-corrected chi connectivity index (χ4v) is 3.07. The van der Waals surface area contributed by atoms with Gasteiger partial charge < -0.3 is 36.2 Å². The number of ketones is 1. The molecule has 1 saturated heterocycles. The van der Waals surface area contributed by atoms with Crippen LogP contribution in [-0.2, 0) is 28.8 Å². The molecule has 1 rings (SSSR count). The number of Topliss-reactive ketones (excluding diaryl/α,β-unsaturated/α-hetero) is 1. The number of rotatable bonds is 12. The second-order valence-corrected chi connectivity index (χ2v) is 7.59. The number of aliphatic hydroxyl groups is 2. The Morgan fingerprint density at radius 1 is 1.06 bits per heavy atom. The summed E-state index contributed by atoms with van der Waals surface area (Å²) < 4.78 is 0. The molecular formula is C19H30FmN4O9.